The quantitative estimate of drug-likeness (QED) is 0.0213. The number of allylic oxidation sites excluding steroid dienone is 13. The van der Waals surface area contributed by atoms with Crippen LogP contribution in [0.1, 0.15) is 194 Å². The molecule has 3 aliphatic heterocycles. The molecule has 0 aromatic carbocycles. The molecule has 3 fully saturated rings. The van der Waals surface area contributed by atoms with Crippen molar-refractivity contribution in [2.75, 3.05) is 26.4 Å². The molecule has 19 heteroatoms. The second-order valence-corrected chi connectivity index (χ2v) is 22.8. The standard InChI is InChI=1S/C66H113NO18/c1-3-5-7-9-11-13-15-17-19-21-22-23-24-25-26-28-30-32-34-36-38-40-42-44-54(72)67-49(50(71)43-41-39-37-35-33-31-29-27-20-18-16-14-12-10-8-6-4-2)48-80-64-60(78)57(75)62(52(46-69)82-64)85-66-61(79)58(76)63(53(47-70)83-66)84-65-59(77)56(74)55(73)51(45-68)81-65/h5,7,11,13,17,19,22-23,25-26,30,32,41,43,49-53,55-66,68-71,73-79H,3-4,6,8-10,12,14-16,18,20-21,24,27-29,31,33-40,42,44-48H2,1-2H3,(H,67,72)/b7-5-,13-11-,19-17-,23-22-,26-25-,32-30-,43-41+. The van der Waals surface area contributed by atoms with E-state index in [2.05, 4.69) is 92.1 Å². The summed E-state index contributed by atoms with van der Waals surface area (Å²) in [5.41, 5.74) is 0. The highest BCUT2D eigenvalue weighted by Gasteiger charge is 2.53. The molecule has 3 heterocycles. The minimum Gasteiger partial charge on any atom is -0.394 e. The Kier molecular flexibility index (Phi) is 43.0. The number of ether oxygens (including phenoxy) is 6. The fourth-order valence-corrected chi connectivity index (χ4v) is 10.4. The van der Waals surface area contributed by atoms with Crippen molar-refractivity contribution in [2.24, 2.45) is 0 Å². The molecule has 1 amide bonds. The number of nitrogens with one attached hydrogen (secondary N) is 1. The SMILES string of the molecule is CC/C=C\C/C=C\C/C=C\C/C=C\C/C=C\C/C=C\CCCCCCC(=O)NC(COC1OC(CO)C(OC2OC(CO)C(OC3OC(CO)C(O)C(O)C3O)C(O)C2O)C(O)C1O)C(O)/C=C/CCCCCCCCCCCCCCCCC. The van der Waals surface area contributed by atoms with E-state index in [0.29, 0.717) is 6.42 Å². The van der Waals surface area contributed by atoms with Gasteiger partial charge in [0.05, 0.1) is 38.6 Å². The van der Waals surface area contributed by atoms with E-state index in [1.807, 2.05) is 6.08 Å². The number of hydrogen-bond acceptors (Lipinski definition) is 18. The first-order valence-corrected chi connectivity index (χ1v) is 32.3. The van der Waals surface area contributed by atoms with Crippen LogP contribution in [-0.2, 0) is 33.2 Å². The molecule has 0 radical (unpaired) electrons. The van der Waals surface area contributed by atoms with Crippen molar-refractivity contribution in [1.82, 2.24) is 5.32 Å². The highest BCUT2D eigenvalue weighted by atomic mass is 16.8. The third-order valence-electron chi connectivity index (χ3n) is 15.7. The van der Waals surface area contributed by atoms with Gasteiger partial charge in [-0.05, 0) is 70.6 Å². The zero-order valence-corrected chi connectivity index (χ0v) is 51.3. The van der Waals surface area contributed by atoms with Crippen molar-refractivity contribution in [1.29, 1.82) is 0 Å². The molecular formula is C66H113NO18. The molecular weight excluding hydrogens is 1090 g/mol. The van der Waals surface area contributed by atoms with Crippen molar-refractivity contribution in [3.05, 3.63) is 85.1 Å². The Labute approximate surface area is 508 Å². The van der Waals surface area contributed by atoms with Gasteiger partial charge in [0.15, 0.2) is 18.9 Å². The summed E-state index contributed by atoms with van der Waals surface area (Å²) in [5.74, 6) is -0.303. The van der Waals surface area contributed by atoms with E-state index < -0.39 is 124 Å². The van der Waals surface area contributed by atoms with Crippen LogP contribution in [0.5, 0.6) is 0 Å². The zero-order chi connectivity index (χ0) is 61.9. The molecule has 3 rings (SSSR count). The van der Waals surface area contributed by atoms with Crippen LogP contribution in [0, 0.1) is 0 Å². The fourth-order valence-electron chi connectivity index (χ4n) is 10.4. The average Bonchev–Trinajstić information content (AvgIpc) is 3.64. The molecule has 17 unspecified atom stereocenters. The molecule has 85 heavy (non-hydrogen) atoms. The predicted molar refractivity (Wildman–Crippen MR) is 328 cm³/mol. The summed E-state index contributed by atoms with van der Waals surface area (Å²) in [5, 5.41) is 120. The van der Waals surface area contributed by atoms with Gasteiger partial charge in [0.25, 0.3) is 0 Å². The average molecular weight is 1210 g/mol. The molecule has 3 aliphatic rings. The Hall–Kier alpha value is -3.03. The van der Waals surface area contributed by atoms with Crippen LogP contribution >= 0.6 is 0 Å². The number of carbonyl (C=O) groups excluding carboxylic acids is 1. The minimum atomic E-state index is -1.98. The summed E-state index contributed by atoms with van der Waals surface area (Å²) in [7, 11) is 0. The number of aliphatic hydroxyl groups is 11. The van der Waals surface area contributed by atoms with Gasteiger partial charge in [-0.25, -0.2) is 0 Å². The number of unbranched alkanes of at least 4 members (excludes halogenated alkanes) is 19. The van der Waals surface area contributed by atoms with Gasteiger partial charge < -0.3 is 89.9 Å². The normalized spacial score (nSPS) is 29.5. The number of amides is 1. The first-order valence-electron chi connectivity index (χ1n) is 32.3. The largest absolute Gasteiger partial charge is 0.394 e. The van der Waals surface area contributed by atoms with Gasteiger partial charge in [0.2, 0.25) is 5.91 Å². The summed E-state index contributed by atoms with van der Waals surface area (Å²) in [6.07, 6.45) is 32.6. The first-order chi connectivity index (χ1) is 41.3. The highest BCUT2D eigenvalue weighted by molar-refractivity contribution is 5.76. The van der Waals surface area contributed by atoms with Gasteiger partial charge in [-0.15, -0.1) is 0 Å². The molecule has 19 nitrogen and oxygen atoms in total. The number of hydrogen-bond donors (Lipinski definition) is 12. The topological polar surface area (TPSA) is 307 Å². The molecule has 0 saturated carbocycles. The maximum absolute atomic E-state index is 13.4. The van der Waals surface area contributed by atoms with Gasteiger partial charge in [-0.3, -0.25) is 4.79 Å². The molecule has 0 bridgehead atoms. The van der Waals surface area contributed by atoms with Crippen molar-refractivity contribution >= 4 is 5.91 Å². The maximum Gasteiger partial charge on any atom is 0.220 e. The number of rotatable bonds is 47. The lowest BCUT2D eigenvalue weighted by molar-refractivity contribution is -0.379. The van der Waals surface area contributed by atoms with E-state index in [9.17, 15) is 61.0 Å². The van der Waals surface area contributed by atoms with E-state index in [0.717, 1.165) is 89.9 Å². The van der Waals surface area contributed by atoms with Crippen LogP contribution in [0.4, 0.5) is 0 Å². The zero-order valence-electron chi connectivity index (χ0n) is 51.3. The second kappa shape index (κ2) is 47.9. The van der Waals surface area contributed by atoms with Crippen molar-refractivity contribution in [3.8, 4) is 0 Å². The monoisotopic (exact) mass is 1210 g/mol. The van der Waals surface area contributed by atoms with Gasteiger partial charge in [-0.2, -0.15) is 0 Å². The molecule has 0 aromatic rings. The summed E-state index contributed by atoms with van der Waals surface area (Å²) >= 11 is 0. The molecule has 17 atom stereocenters. The lowest BCUT2D eigenvalue weighted by atomic mass is 9.96. The highest BCUT2D eigenvalue weighted by Crippen LogP contribution is 2.33. The van der Waals surface area contributed by atoms with E-state index in [-0.39, 0.29) is 18.9 Å². The summed E-state index contributed by atoms with van der Waals surface area (Å²) < 4.78 is 34.3. The van der Waals surface area contributed by atoms with Crippen LogP contribution < -0.4 is 5.32 Å². The number of carbonyl (C=O) groups is 1. The summed E-state index contributed by atoms with van der Waals surface area (Å²) in [6, 6.07) is -0.992. The lowest BCUT2D eigenvalue weighted by Gasteiger charge is -2.48. The Bertz CT molecular complexity index is 1880. The van der Waals surface area contributed by atoms with E-state index in [4.69, 9.17) is 28.4 Å². The Morgan fingerprint density at radius 1 is 0.435 bits per heavy atom. The van der Waals surface area contributed by atoms with Gasteiger partial charge in [-0.1, -0.05) is 202 Å². The van der Waals surface area contributed by atoms with E-state index >= 15 is 0 Å². The van der Waals surface area contributed by atoms with Crippen LogP contribution in [0.3, 0.4) is 0 Å². The van der Waals surface area contributed by atoms with Crippen molar-refractivity contribution in [2.45, 2.75) is 298 Å². The van der Waals surface area contributed by atoms with Crippen LogP contribution in [0.15, 0.2) is 85.1 Å². The smallest absolute Gasteiger partial charge is 0.220 e. The van der Waals surface area contributed by atoms with Crippen LogP contribution in [-0.4, -0.2) is 193 Å². The van der Waals surface area contributed by atoms with Gasteiger partial charge in [0, 0.05) is 6.42 Å². The van der Waals surface area contributed by atoms with Crippen molar-refractivity contribution < 1.29 is 89.4 Å². The molecule has 3 saturated heterocycles. The molecule has 490 valence electrons. The molecule has 0 spiro atoms. The Morgan fingerprint density at radius 3 is 1.27 bits per heavy atom. The lowest BCUT2D eigenvalue weighted by Crippen LogP contribution is -2.66. The molecule has 12 N–H and O–H groups in total. The number of aliphatic hydroxyl groups excluding tert-OH is 11. The molecule has 0 aliphatic carbocycles. The van der Waals surface area contributed by atoms with E-state index in [1.54, 1.807) is 6.08 Å². The minimum absolute atomic E-state index is 0.209. The van der Waals surface area contributed by atoms with Crippen LogP contribution in [0.25, 0.3) is 0 Å². The second-order valence-electron chi connectivity index (χ2n) is 22.8. The summed E-state index contributed by atoms with van der Waals surface area (Å²) in [6.45, 7) is 1.58. The van der Waals surface area contributed by atoms with Crippen molar-refractivity contribution in [3.63, 3.8) is 0 Å². The molecule has 0 aromatic heterocycles. The predicted octanol–water partition coefficient (Wildman–Crippen LogP) is 7.15. The third kappa shape index (κ3) is 30.8. The fraction of sp³-hybridized carbons (Fsp3) is 0.773. The van der Waals surface area contributed by atoms with Gasteiger partial charge in [0.1, 0.15) is 73.2 Å². The Balaban J connectivity index is 1.49. The third-order valence-corrected chi connectivity index (χ3v) is 15.7. The van der Waals surface area contributed by atoms with Crippen LogP contribution in [0.2, 0.25) is 0 Å². The summed E-state index contributed by atoms with van der Waals surface area (Å²) in [4.78, 5) is 13.4. The Morgan fingerprint density at radius 2 is 0.812 bits per heavy atom. The van der Waals surface area contributed by atoms with Gasteiger partial charge >= 0.3 is 0 Å². The van der Waals surface area contributed by atoms with E-state index in [1.165, 1.54) is 77.0 Å². The maximum atomic E-state index is 13.4. The first kappa shape index (κ1) is 76.2.